The van der Waals surface area contributed by atoms with Crippen LogP contribution >= 0.6 is 23.5 Å². The van der Waals surface area contributed by atoms with Crippen molar-refractivity contribution < 1.29 is 19.5 Å². The van der Waals surface area contributed by atoms with Gasteiger partial charge in [-0.25, -0.2) is 0 Å². The van der Waals surface area contributed by atoms with E-state index in [9.17, 15) is 0 Å². The Morgan fingerprint density at radius 3 is 1.92 bits per heavy atom. The quantitative estimate of drug-likeness (QED) is 0.794. The SMILES string of the molecule is CSCc1cccc(CSC)n1.[Ru]. The number of hydrogen-bond donors (Lipinski definition) is 0. The molecule has 0 aliphatic rings. The van der Waals surface area contributed by atoms with Gasteiger partial charge < -0.3 is 0 Å². The summed E-state index contributed by atoms with van der Waals surface area (Å²) in [6.45, 7) is 0. The molecule has 0 spiro atoms. The molecule has 1 heterocycles. The van der Waals surface area contributed by atoms with Crippen molar-refractivity contribution >= 4 is 23.5 Å². The van der Waals surface area contributed by atoms with Crippen LogP contribution in [0.25, 0.3) is 0 Å². The topological polar surface area (TPSA) is 12.9 Å². The molecule has 0 amide bonds. The van der Waals surface area contributed by atoms with E-state index in [1.54, 1.807) is 0 Å². The summed E-state index contributed by atoms with van der Waals surface area (Å²) in [7, 11) is 0. The van der Waals surface area contributed by atoms with Gasteiger partial charge in [0.2, 0.25) is 0 Å². The molecule has 0 unspecified atom stereocenters. The van der Waals surface area contributed by atoms with Gasteiger partial charge >= 0.3 is 0 Å². The van der Waals surface area contributed by atoms with E-state index in [-0.39, 0.29) is 19.5 Å². The summed E-state index contributed by atoms with van der Waals surface area (Å²) < 4.78 is 0. The van der Waals surface area contributed by atoms with Crippen molar-refractivity contribution in [2.45, 2.75) is 11.5 Å². The average Bonchev–Trinajstić information content (AvgIpc) is 2.06. The van der Waals surface area contributed by atoms with Gasteiger partial charge in [0.25, 0.3) is 0 Å². The van der Waals surface area contributed by atoms with Gasteiger partial charge in [0, 0.05) is 31.0 Å². The first-order valence-corrected chi connectivity index (χ1v) is 6.58. The summed E-state index contributed by atoms with van der Waals surface area (Å²) in [5.74, 6) is 2.03. The molecule has 0 aliphatic heterocycles. The van der Waals surface area contributed by atoms with Crippen LogP contribution < -0.4 is 0 Å². The number of thioether (sulfide) groups is 2. The number of pyridine rings is 1. The maximum absolute atomic E-state index is 4.51. The van der Waals surface area contributed by atoms with Crippen LogP contribution in [0.15, 0.2) is 18.2 Å². The minimum Gasteiger partial charge on any atom is -0.256 e. The molecule has 0 saturated carbocycles. The van der Waals surface area contributed by atoms with Gasteiger partial charge in [0.05, 0.1) is 11.4 Å². The number of nitrogens with zero attached hydrogens (tertiary/aromatic N) is 1. The van der Waals surface area contributed by atoms with Crippen LogP contribution in [-0.4, -0.2) is 17.5 Å². The third-order valence-corrected chi connectivity index (χ3v) is 2.62. The van der Waals surface area contributed by atoms with Crippen molar-refractivity contribution in [3.63, 3.8) is 0 Å². The van der Waals surface area contributed by atoms with Crippen molar-refractivity contribution in [2.75, 3.05) is 12.5 Å². The van der Waals surface area contributed by atoms with Crippen molar-refractivity contribution in [1.29, 1.82) is 0 Å². The van der Waals surface area contributed by atoms with Gasteiger partial charge in [0.15, 0.2) is 0 Å². The van der Waals surface area contributed by atoms with Gasteiger partial charge in [-0.05, 0) is 24.6 Å². The van der Waals surface area contributed by atoms with E-state index >= 15 is 0 Å². The molecule has 1 aromatic rings. The molecule has 0 N–H and O–H groups in total. The number of aromatic nitrogens is 1. The average molecular weight is 300 g/mol. The van der Waals surface area contributed by atoms with Gasteiger partial charge in [-0.15, -0.1) is 0 Å². The molecule has 0 radical (unpaired) electrons. The minimum absolute atomic E-state index is 0. The number of rotatable bonds is 4. The summed E-state index contributed by atoms with van der Waals surface area (Å²) in [4.78, 5) is 4.51. The van der Waals surface area contributed by atoms with Crippen LogP contribution in [-0.2, 0) is 31.0 Å². The van der Waals surface area contributed by atoms with Crippen LogP contribution in [0.4, 0.5) is 0 Å². The summed E-state index contributed by atoms with van der Waals surface area (Å²) in [5.41, 5.74) is 2.38. The van der Waals surface area contributed by atoms with E-state index in [1.165, 1.54) is 11.4 Å². The van der Waals surface area contributed by atoms with E-state index in [2.05, 4.69) is 35.7 Å². The standard InChI is InChI=1S/C9H13NS2.Ru/c1-11-6-8-4-3-5-9(10-8)7-12-2;/h3-5H,6-7H2,1-2H3;. The summed E-state index contributed by atoms with van der Waals surface area (Å²) in [5, 5.41) is 0. The molecule has 1 nitrogen and oxygen atoms in total. The molecule has 1 aromatic heterocycles. The Labute approximate surface area is 101 Å². The zero-order valence-electron chi connectivity index (χ0n) is 7.76. The zero-order chi connectivity index (χ0) is 8.81. The Kier molecular flexibility index (Phi) is 8.12. The molecule has 4 heteroatoms. The van der Waals surface area contributed by atoms with Crippen LogP contribution in [0.1, 0.15) is 11.4 Å². The third kappa shape index (κ3) is 5.04. The van der Waals surface area contributed by atoms with Crippen molar-refractivity contribution in [3.05, 3.63) is 29.6 Å². The van der Waals surface area contributed by atoms with E-state index in [1.807, 2.05) is 23.5 Å². The molecule has 74 valence electrons. The Morgan fingerprint density at radius 1 is 1.08 bits per heavy atom. The molecule has 13 heavy (non-hydrogen) atoms. The van der Waals surface area contributed by atoms with Crippen LogP contribution in [0.3, 0.4) is 0 Å². The first-order chi connectivity index (χ1) is 5.86. The second-order valence-corrected chi connectivity index (χ2v) is 4.22. The maximum Gasteiger partial charge on any atom is 0.0506 e. The van der Waals surface area contributed by atoms with Crippen LogP contribution in [0, 0.1) is 0 Å². The fourth-order valence-corrected chi connectivity index (χ4v) is 1.90. The smallest absolute Gasteiger partial charge is 0.0506 e. The molecule has 0 aliphatic carbocycles. The second kappa shape index (κ2) is 7.84. The molecule has 0 atom stereocenters. The third-order valence-electron chi connectivity index (χ3n) is 1.45. The predicted octanol–water partition coefficient (Wildman–Crippen LogP) is 2.81. The van der Waals surface area contributed by atoms with Crippen LogP contribution in [0.2, 0.25) is 0 Å². The Bertz CT molecular complexity index is 222. The Balaban J connectivity index is 0.00000144. The Hall–Kier alpha value is 0.473. The molecule has 1 rings (SSSR count). The minimum atomic E-state index is 0. The maximum atomic E-state index is 4.51. The van der Waals surface area contributed by atoms with Gasteiger partial charge in [-0.1, -0.05) is 6.07 Å². The molecule has 0 bridgehead atoms. The van der Waals surface area contributed by atoms with Crippen LogP contribution in [0.5, 0.6) is 0 Å². The molecular weight excluding hydrogens is 287 g/mol. The summed E-state index contributed by atoms with van der Waals surface area (Å²) in [6, 6.07) is 6.25. The summed E-state index contributed by atoms with van der Waals surface area (Å²) in [6.07, 6.45) is 4.20. The van der Waals surface area contributed by atoms with Crippen molar-refractivity contribution in [2.24, 2.45) is 0 Å². The summed E-state index contributed by atoms with van der Waals surface area (Å²) >= 11 is 3.62. The zero-order valence-corrected chi connectivity index (χ0v) is 11.1. The fourth-order valence-electron chi connectivity index (χ4n) is 0.986. The van der Waals surface area contributed by atoms with Crippen molar-refractivity contribution in [3.8, 4) is 0 Å². The monoisotopic (exact) mass is 301 g/mol. The molecule has 0 saturated heterocycles. The second-order valence-electron chi connectivity index (χ2n) is 2.49. The van der Waals surface area contributed by atoms with E-state index < -0.39 is 0 Å². The van der Waals surface area contributed by atoms with Gasteiger partial charge in [-0.3, -0.25) is 4.98 Å². The molecule has 0 aromatic carbocycles. The van der Waals surface area contributed by atoms with Gasteiger partial charge in [0.1, 0.15) is 0 Å². The first-order valence-electron chi connectivity index (χ1n) is 3.79. The van der Waals surface area contributed by atoms with Gasteiger partial charge in [-0.2, -0.15) is 23.5 Å². The van der Waals surface area contributed by atoms with Crippen molar-refractivity contribution in [1.82, 2.24) is 4.98 Å². The molecular formula is C9H13NRuS2. The predicted molar refractivity (Wildman–Crippen MR) is 58.7 cm³/mol. The van der Waals surface area contributed by atoms with E-state index in [0.717, 1.165) is 11.5 Å². The molecule has 0 fully saturated rings. The fraction of sp³-hybridized carbons (Fsp3) is 0.444. The Morgan fingerprint density at radius 2 is 1.54 bits per heavy atom. The first kappa shape index (κ1) is 13.5. The van der Waals surface area contributed by atoms with E-state index in [0.29, 0.717) is 0 Å². The normalized spacial score (nSPS) is 9.38. The number of hydrogen-bond acceptors (Lipinski definition) is 3. The van der Waals surface area contributed by atoms with E-state index in [4.69, 9.17) is 0 Å². The largest absolute Gasteiger partial charge is 0.256 e.